The van der Waals surface area contributed by atoms with Gasteiger partial charge in [0, 0.05) is 25.7 Å². The van der Waals surface area contributed by atoms with E-state index in [0.717, 1.165) is 35.9 Å². The van der Waals surface area contributed by atoms with E-state index in [4.69, 9.17) is 4.74 Å². The maximum atomic E-state index is 5.36. The Balaban J connectivity index is 2.09. The molecule has 20 heavy (non-hydrogen) atoms. The van der Waals surface area contributed by atoms with Crippen LogP contribution in [0.4, 0.5) is 5.82 Å². The van der Waals surface area contributed by atoms with Crippen molar-refractivity contribution in [3.63, 3.8) is 0 Å². The lowest BCUT2D eigenvalue weighted by Crippen LogP contribution is -2.19. The van der Waals surface area contributed by atoms with E-state index in [1.807, 2.05) is 49.3 Å². The summed E-state index contributed by atoms with van der Waals surface area (Å²) in [5, 5.41) is 11.5. The molecule has 0 unspecified atom stereocenters. The van der Waals surface area contributed by atoms with Crippen molar-refractivity contribution in [2.75, 3.05) is 26.1 Å². The van der Waals surface area contributed by atoms with E-state index >= 15 is 0 Å². The first-order valence-electron chi connectivity index (χ1n) is 6.55. The van der Waals surface area contributed by atoms with Gasteiger partial charge >= 0.3 is 0 Å². The van der Waals surface area contributed by atoms with E-state index in [1.165, 1.54) is 0 Å². The Bertz CT molecular complexity index is 542. The van der Waals surface area contributed by atoms with Crippen LogP contribution in [0.15, 0.2) is 36.4 Å². The molecule has 1 aromatic heterocycles. The summed E-state index contributed by atoms with van der Waals surface area (Å²) in [5.74, 6) is 1.73. The highest BCUT2D eigenvalue weighted by molar-refractivity contribution is 5.41. The fourth-order valence-electron chi connectivity index (χ4n) is 2.00. The van der Waals surface area contributed by atoms with Crippen LogP contribution in [0.2, 0.25) is 0 Å². The molecule has 106 valence electrons. The zero-order chi connectivity index (χ0) is 14.4. The molecule has 5 nitrogen and oxygen atoms in total. The molecule has 0 saturated heterocycles. The number of anilines is 1. The van der Waals surface area contributed by atoms with Crippen LogP contribution in [0.5, 0.6) is 5.75 Å². The highest BCUT2D eigenvalue weighted by Gasteiger charge is 2.08. The van der Waals surface area contributed by atoms with Gasteiger partial charge in [-0.1, -0.05) is 18.2 Å². The molecule has 0 aliphatic heterocycles. The second-order valence-corrected chi connectivity index (χ2v) is 4.58. The number of ether oxygens (including phenoxy) is 1. The Hall–Kier alpha value is -2.14. The summed E-state index contributed by atoms with van der Waals surface area (Å²) < 4.78 is 5.36. The standard InChI is InChI=1S/C15H20N4O/c1-16-10-13-8-9-15(18-17-13)19(2)11-12-6-4-5-7-14(12)20-3/h4-9,16H,10-11H2,1-3H3. The third kappa shape index (κ3) is 3.45. The van der Waals surface area contributed by atoms with Crippen LogP contribution in [0, 0.1) is 0 Å². The van der Waals surface area contributed by atoms with Gasteiger partial charge in [-0.05, 0) is 25.2 Å². The molecule has 0 amide bonds. The largest absolute Gasteiger partial charge is 0.496 e. The minimum atomic E-state index is 0.726. The van der Waals surface area contributed by atoms with E-state index in [2.05, 4.69) is 21.6 Å². The maximum Gasteiger partial charge on any atom is 0.151 e. The molecule has 0 fully saturated rings. The van der Waals surface area contributed by atoms with E-state index in [-0.39, 0.29) is 0 Å². The van der Waals surface area contributed by atoms with Gasteiger partial charge in [-0.15, -0.1) is 5.10 Å². The highest BCUT2D eigenvalue weighted by atomic mass is 16.5. The van der Waals surface area contributed by atoms with Crippen molar-refractivity contribution >= 4 is 5.82 Å². The molecule has 2 aromatic rings. The van der Waals surface area contributed by atoms with Gasteiger partial charge in [0.2, 0.25) is 0 Å². The first kappa shape index (κ1) is 14.3. The van der Waals surface area contributed by atoms with E-state index in [1.54, 1.807) is 7.11 Å². The smallest absolute Gasteiger partial charge is 0.151 e. The van der Waals surface area contributed by atoms with Gasteiger partial charge < -0.3 is 15.0 Å². The minimum Gasteiger partial charge on any atom is -0.496 e. The number of benzene rings is 1. The van der Waals surface area contributed by atoms with Crippen LogP contribution < -0.4 is 15.0 Å². The molecule has 0 spiro atoms. The summed E-state index contributed by atoms with van der Waals surface area (Å²) in [6, 6.07) is 12.0. The molecule has 0 saturated carbocycles. The normalized spacial score (nSPS) is 10.3. The number of nitrogens with zero attached hydrogens (tertiary/aromatic N) is 3. The Kier molecular flexibility index (Phi) is 4.90. The molecular weight excluding hydrogens is 252 g/mol. The van der Waals surface area contributed by atoms with Gasteiger partial charge in [0.25, 0.3) is 0 Å². The fraction of sp³-hybridized carbons (Fsp3) is 0.333. The number of hydrogen-bond donors (Lipinski definition) is 1. The van der Waals surface area contributed by atoms with E-state index < -0.39 is 0 Å². The lowest BCUT2D eigenvalue weighted by Gasteiger charge is -2.19. The molecule has 1 N–H and O–H groups in total. The molecule has 0 bridgehead atoms. The van der Waals surface area contributed by atoms with Crippen molar-refractivity contribution in [3.8, 4) is 5.75 Å². The summed E-state index contributed by atoms with van der Waals surface area (Å²) in [4.78, 5) is 2.05. The second-order valence-electron chi connectivity index (χ2n) is 4.58. The average molecular weight is 272 g/mol. The first-order chi connectivity index (χ1) is 9.74. The number of para-hydroxylation sites is 1. The first-order valence-corrected chi connectivity index (χ1v) is 6.55. The van der Waals surface area contributed by atoms with Crippen LogP contribution in [0.25, 0.3) is 0 Å². The monoisotopic (exact) mass is 272 g/mol. The summed E-state index contributed by atoms with van der Waals surface area (Å²) in [7, 11) is 5.57. The van der Waals surface area contributed by atoms with Crippen LogP contribution in [0.3, 0.4) is 0 Å². The molecule has 0 radical (unpaired) electrons. The topological polar surface area (TPSA) is 50.3 Å². The molecule has 0 atom stereocenters. The van der Waals surface area contributed by atoms with Gasteiger partial charge in [0.1, 0.15) is 5.75 Å². The van der Waals surface area contributed by atoms with E-state index in [0.29, 0.717) is 0 Å². The van der Waals surface area contributed by atoms with Crippen molar-refractivity contribution in [1.29, 1.82) is 0 Å². The minimum absolute atomic E-state index is 0.726. The Morgan fingerprint density at radius 3 is 2.60 bits per heavy atom. The van der Waals surface area contributed by atoms with Gasteiger partial charge in [-0.25, -0.2) is 0 Å². The fourth-order valence-corrected chi connectivity index (χ4v) is 2.00. The molecule has 5 heteroatoms. The number of hydrogen-bond acceptors (Lipinski definition) is 5. The summed E-state index contributed by atoms with van der Waals surface area (Å²) in [6.45, 7) is 1.45. The van der Waals surface area contributed by atoms with Crippen molar-refractivity contribution in [3.05, 3.63) is 47.7 Å². The summed E-state index contributed by atoms with van der Waals surface area (Å²) in [6.07, 6.45) is 0. The van der Waals surface area contributed by atoms with Crippen molar-refractivity contribution in [2.24, 2.45) is 0 Å². The molecule has 1 aromatic carbocycles. The third-order valence-corrected chi connectivity index (χ3v) is 3.05. The number of nitrogens with one attached hydrogen (secondary N) is 1. The summed E-state index contributed by atoms with van der Waals surface area (Å²) >= 11 is 0. The van der Waals surface area contributed by atoms with E-state index in [9.17, 15) is 0 Å². The van der Waals surface area contributed by atoms with Crippen molar-refractivity contribution in [1.82, 2.24) is 15.5 Å². The van der Waals surface area contributed by atoms with Crippen LogP contribution >= 0.6 is 0 Å². The van der Waals surface area contributed by atoms with Crippen molar-refractivity contribution in [2.45, 2.75) is 13.1 Å². The molecule has 2 rings (SSSR count). The van der Waals surface area contributed by atoms with Gasteiger partial charge in [-0.2, -0.15) is 5.10 Å². The average Bonchev–Trinajstić information content (AvgIpc) is 2.49. The zero-order valence-corrected chi connectivity index (χ0v) is 12.1. The Labute approximate surface area is 119 Å². The lowest BCUT2D eigenvalue weighted by atomic mass is 10.2. The summed E-state index contributed by atoms with van der Waals surface area (Å²) in [5.41, 5.74) is 2.06. The lowest BCUT2D eigenvalue weighted by molar-refractivity contribution is 0.409. The molecule has 0 aliphatic carbocycles. The molecule has 1 heterocycles. The number of aromatic nitrogens is 2. The van der Waals surface area contributed by atoms with Crippen LogP contribution in [-0.2, 0) is 13.1 Å². The number of rotatable bonds is 6. The van der Waals surface area contributed by atoms with Gasteiger partial charge in [-0.3, -0.25) is 0 Å². The third-order valence-electron chi connectivity index (χ3n) is 3.05. The van der Waals surface area contributed by atoms with Crippen LogP contribution in [0.1, 0.15) is 11.3 Å². The van der Waals surface area contributed by atoms with Gasteiger partial charge in [0.15, 0.2) is 5.82 Å². The predicted molar refractivity (Wildman–Crippen MR) is 79.9 cm³/mol. The Morgan fingerprint density at radius 2 is 1.95 bits per heavy atom. The molecule has 0 aliphatic rings. The quantitative estimate of drug-likeness (QED) is 0.869. The maximum absolute atomic E-state index is 5.36. The molecular formula is C15H20N4O. The Morgan fingerprint density at radius 1 is 1.15 bits per heavy atom. The highest BCUT2D eigenvalue weighted by Crippen LogP contribution is 2.20. The predicted octanol–water partition coefficient (Wildman–Crippen LogP) is 1.84. The van der Waals surface area contributed by atoms with Crippen molar-refractivity contribution < 1.29 is 4.74 Å². The zero-order valence-electron chi connectivity index (χ0n) is 12.1. The number of methoxy groups -OCH3 is 1. The SMILES string of the molecule is CNCc1ccc(N(C)Cc2ccccc2OC)nn1. The van der Waals surface area contributed by atoms with Gasteiger partial charge in [0.05, 0.1) is 12.8 Å². The van der Waals surface area contributed by atoms with Crippen LogP contribution in [-0.4, -0.2) is 31.4 Å². The second kappa shape index (κ2) is 6.86.